The molecule has 3 aliphatic heterocycles. The van der Waals surface area contributed by atoms with Gasteiger partial charge in [0, 0.05) is 50.3 Å². The van der Waals surface area contributed by atoms with Crippen LogP contribution in [0.1, 0.15) is 34.3 Å². The highest BCUT2D eigenvalue weighted by Crippen LogP contribution is 2.30. The molecule has 4 bridgehead atoms. The number of nitrogen functional groups attached to an aromatic ring is 1. The lowest BCUT2D eigenvalue weighted by Gasteiger charge is -2.39. The quantitative estimate of drug-likeness (QED) is 0.417. The number of ether oxygens (including phenoxy) is 4. The number of anilines is 1. The number of carbonyl (C=O) groups is 3. The second kappa shape index (κ2) is 13.3. The molecule has 1 fully saturated rings. The Bertz CT molecular complexity index is 1480. The van der Waals surface area contributed by atoms with E-state index >= 15 is 0 Å². The second-order valence-electron chi connectivity index (χ2n) is 10.4. The number of aromatic nitrogens is 1. The summed E-state index contributed by atoms with van der Waals surface area (Å²) in [5.41, 5.74) is 7.74. The SMILES string of the molecule is COc1cc2ccc1CNC(=O)CCc1ccc(OC)c(c1)OCC(=O)N[C@@H]1CN(C(=O)c3ccc(N)nc3)CC[C@@H]1O2. The van der Waals surface area contributed by atoms with Crippen molar-refractivity contribution in [3.8, 4) is 23.0 Å². The molecule has 0 aliphatic carbocycles. The van der Waals surface area contributed by atoms with E-state index < -0.39 is 12.1 Å². The molecule has 3 aliphatic rings. The van der Waals surface area contributed by atoms with E-state index in [1.807, 2.05) is 12.1 Å². The lowest BCUT2D eigenvalue weighted by atomic mass is 10.0. The minimum absolute atomic E-state index is 0.114. The zero-order valence-corrected chi connectivity index (χ0v) is 24.1. The summed E-state index contributed by atoms with van der Waals surface area (Å²) in [6.45, 7) is 0.613. The molecule has 1 aromatic heterocycles. The Kier molecular flexibility index (Phi) is 9.14. The van der Waals surface area contributed by atoms with E-state index in [4.69, 9.17) is 24.7 Å². The van der Waals surface area contributed by atoms with Gasteiger partial charge in [0.2, 0.25) is 5.91 Å². The number of nitrogens with two attached hydrogens (primary N) is 1. The normalized spacial score (nSPS) is 19.3. The zero-order chi connectivity index (χ0) is 30.3. The average Bonchev–Trinajstić information content (AvgIpc) is 3.02. The van der Waals surface area contributed by atoms with Crippen LogP contribution in [0.3, 0.4) is 0 Å². The standard InChI is InChI=1S/C31H35N5O7/c1-40-25-8-3-19-4-10-29(37)34-15-20-5-7-22(14-26(20)41-2)43-24-11-12-36(31(39)21-6-9-28(32)33-16-21)17-23(24)35-30(38)18-42-27(25)13-19/h3,5-9,13-14,16,23-24H,4,10-12,15,17-18H2,1-2H3,(H2,32,33)(H,34,37)(H,35,38)/t23-,24+/m1/s1. The van der Waals surface area contributed by atoms with Crippen molar-refractivity contribution in [2.45, 2.75) is 38.0 Å². The molecular formula is C31H35N5O7. The van der Waals surface area contributed by atoms with Gasteiger partial charge in [-0.25, -0.2) is 4.98 Å². The van der Waals surface area contributed by atoms with Crippen LogP contribution < -0.4 is 35.3 Å². The fraction of sp³-hybridized carbons (Fsp3) is 0.355. The molecule has 6 rings (SSSR count). The van der Waals surface area contributed by atoms with Crippen LogP contribution in [0.4, 0.5) is 5.82 Å². The van der Waals surface area contributed by atoms with Crippen LogP contribution in [0.5, 0.6) is 23.0 Å². The van der Waals surface area contributed by atoms with Crippen LogP contribution >= 0.6 is 0 Å². The topological polar surface area (TPSA) is 154 Å². The Balaban J connectivity index is 1.42. The minimum Gasteiger partial charge on any atom is -0.496 e. The Morgan fingerprint density at radius 1 is 1.02 bits per heavy atom. The van der Waals surface area contributed by atoms with Gasteiger partial charge in [-0.3, -0.25) is 14.4 Å². The Morgan fingerprint density at radius 3 is 2.63 bits per heavy atom. The number of amides is 3. The fourth-order valence-corrected chi connectivity index (χ4v) is 5.15. The summed E-state index contributed by atoms with van der Waals surface area (Å²) in [4.78, 5) is 44.7. The van der Waals surface area contributed by atoms with E-state index in [0.717, 1.165) is 11.1 Å². The molecule has 4 N–H and O–H groups in total. The summed E-state index contributed by atoms with van der Waals surface area (Å²) in [7, 11) is 3.07. The fourth-order valence-electron chi connectivity index (χ4n) is 5.15. The van der Waals surface area contributed by atoms with Crippen molar-refractivity contribution in [2.24, 2.45) is 0 Å². The highest BCUT2D eigenvalue weighted by molar-refractivity contribution is 5.94. The molecule has 0 spiro atoms. The molecule has 12 nitrogen and oxygen atoms in total. The van der Waals surface area contributed by atoms with Gasteiger partial charge in [-0.2, -0.15) is 0 Å². The van der Waals surface area contributed by atoms with Crippen molar-refractivity contribution in [3.63, 3.8) is 0 Å². The van der Waals surface area contributed by atoms with E-state index in [-0.39, 0.29) is 37.3 Å². The number of hydrogen-bond donors (Lipinski definition) is 3. The van der Waals surface area contributed by atoms with Gasteiger partial charge in [-0.15, -0.1) is 0 Å². The number of benzene rings is 2. The Hall–Kier alpha value is -5.00. The third kappa shape index (κ3) is 7.26. The smallest absolute Gasteiger partial charge is 0.258 e. The molecule has 43 heavy (non-hydrogen) atoms. The molecule has 12 heteroatoms. The van der Waals surface area contributed by atoms with Crippen molar-refractivity contribution >= 4 is 23.5 Å². The van der Waals surface area contributed by atoms with Crippen LogP contribution in [0.25, 0.3) is 0 Å². The maximum absolute atomic E-state index is 13.3. The highest BCUT2D eigenvalue weighted by Gasteiger charge is 2.35. The van der Waals surface area contributed by atoms with Gasteiger partial charge in [0.15, 0.2) is 18.1 Å². The molecule has 2 atom stereocenters. The molecule has 226 valence electrons. The number of fused-ring (bicyclic) bond motifs is 9. The number of methoxy groups -OCH3 is 2. The summed E-state index contributed by atoms with van der Waals surface area (Å²) in [5.74, 6) is 1.55. The summed E-state index contributed by atoms with van der Waals surface area (Å²) < 4.78 is 23.2. The number of hydrogen-bond acceptors (Lipinski definition) is 9. The van der Waals surface area contributed by atoms with Crippen LogP contribution in [-0.2, 0) is 22.6 Å². The first-order valence-electron chi connectivity index (χ1n) is 14.0. The maximum Gasteiger partial charge on any atom is 0.258 e. The van der Waals surface area contributed by atoms with E-state index in [9.17, 15) is 14.4 Å². The van der Waals surface area contributed by atoms with Gasteiger partial charge in [0.1, 0.15) is 23.4 Å². The van der Waals surface area contributed by atoms with E-state index in [0.29, 0.717) is 60.3 Å². The van der Waals surface area contributed by atoms with Gasteiger partial charge in [-0.1, -0.05) is 6.07 Å². The molecule has 3 aromatic rings. The lowest BCUT2D eigenvalue weighted by Crippen LogP contribution is -2.58. The predicted molar refractivity (Wildman–Crippen MR) is 157 cm³/mol. The molecule has 4 heterocycles. The first kappa shape index (κ1) is 29.5. The van der Waals surface area contributed by atoms with Crippen molar-refractivity contribution in [1.82, 2.24) is 20.5 Å². The minimum atomic E-state index is -0.546. The van der Waals surface area contributed by atoms with Gasteiger partial charge in [-0.05, 0) is 48.4 Å². The molecule has 0 unspecified atom stereocenters. The predicted octanol–water partition coefficient (Wildman–Crippen LogP) is 2.10. The lowest BCUT2D eigenvalue weighted by molar-refractivity contribution is -0.125. The Morgan fingerprint density at radius 2 is 1.86 bits per heavy atom. The number of nitrogens with zero attached hydrogens (tertiary/aromatic N) is 2. The number of pyridine rings is 1. The van der Waals surface area contributed by atoms with Crippen molar-refractivity contribution in [3.05, 3.63) is 71.4 Å². The number of rotatable bonds is 3. The van der Waals surface area contributed by atoms with E-state index in [1.54, 1.807) is 48.4 Å². The first-order chi connectivity index (χ1) is 20.8. The molecule has 2 aromatic carbocycles. The summed E-state index contributed by atoms with van der Waals surface area (Å²) in [6.07, 6.45) is 2.18. The van der Waals surface area contributed by atoms with Gasteiger partial charge in [0.25, 0.3) is 11.8 Å². The van der Waals surface area contributed by atoms with Gasteiger partial charge < -0.3 is 40.2 Å². The molecule has 3 amide bonds. The molecule has 1 saturated heterocycles. The molecular weight excluding hydrogens is 554 g/mol. The molecule has 0 saturated carbocycles. The third-order valence-electron chi connectivity index (χ3n) is 7.47. The maximum atomic E-state index is 13.3. The first-order valence-corrected chi connectivity index (χ1v) is 14.0. The summed E-state index contributed by atoms with van der Waals surface area (Å²) in [6, 6.07) is 13.4. The zero-order valence-electron chi connectivity index (χ0n) is 24.1. The monoisotopic (exact) mass is 589 g/mol. The highest BCUT2D eigenvalue weighted by atomic mass is 16.5. The van der Waals surface area contributed by atoms with E-state index in [2.05, 4.69) is 15.6 Å². The Labute approximate surface area is 249 Å². The second-order valence-corrected chi connectivity index (χ2v) is 10.4. The average molecular weight is 590 g/mol. The number of likely N-dealkylation sites (tertiary alicyclic amines) is 1. The molecule has 0 radical (unpaired) electrons. The summed E-state index contributed by atoms with van der Waals surface area (Å²) in [5, 5.41) is 5.95. The van der Waals surface area contributed by atoms with Crippen molar-refractivity contribution < 1.29 is 33.3 Å². The number of carbonyl (C=O) groups excluding carboxylic acids is 3. The van der Waals surface area contributed by atoms with Crippen LogP contribution in [0.15, 0.2) is 54.7 Å². The third-order valence-corrected chi connectivity index (χ3v) is 7.47. The number of piperidine rings is 1. The van der Waals surface area contributed by atoms with Gasteiger partial charge >= 0.3 is 0 Å². The van der Waals surface area contributed by atoms with E-state index in [1.165, 1.54) is 13.3 Å². The number of nitrogens with one attached hydrogen (secondary N) is 2. The number of aryl methyl sites for hydroxylation is 1. The van der Waals surface area contributed by atoms with Gasteiger partial charge in [0.05, 0.1) is 25.8 Å². The van der Waals surface area contributed by atoms with Crippen LogP contribution in [-0.4, -0.2) is 73.7 Å². The van der Waals surface area contributed by atoms with Crippen LogP contribution in [0.2, 0.25) is 0 Å². The summed E-state index contributed by atoms with van der Waals surface area (Å²) >= 11 is 0. The van der Waals surface area contributed by atoms with Crippen molar-refractivity contribution in [1.29, 1.82) is 0 Å². The largest absolute Gasteiger partial charge is 0.496 e. The van der Waals surface area contributed by atoms with Crippen molar-refractivity contribution in [2.75, 3.05) is 39.6 Å². The van der Waals surface area contributed by atoms with Crippen LogP contribution in [0, 0.1) is 0 Å².